The van der Waals surface area contributed by atoms with E-state index in [1.165, 1.54) is 0 Å². The van der Waals surface area contributed by atoms with Crippen LogP contribution in [0, 0.1) is 16.7 Å². The first kappa shape index (κ1) is 13.8. The highest BCUT2D eigenvalue weighted by atomic mass is 35.5. The number of likely N-dealkylation sites (tertiary alicyclic amines) is 1. The van der Waals surface area contributed by atoms with Crippen LogP contribution in [0.5, 0.6) is 0 Å². The van der Waals surface area contributed by atoms with Crippen LogP contribution in [-0.4, -0.2) is 30.4 Å². The molecule has 1 amide bonds. The predicted molar refractivity (Wildman–Crippen MR) is 67.5 cm³/mol. The van der Waals surface area contributed by atoms with Crippen molar-refractivity contribution in [1.29, 1.82) is 0 Å². The van der Waals surface area contributed by atoms with Crippen LogP contribution in [0.2, 0.25) is 0 Å². The van der Waals surface area contributed by atoms with E-state index in [-0.39, 0.29) is 29.2 Å². The molecule has 16 heavy (non-hydrogen) atoms. The number of carbonyl (C=O) groups is 1. The van der Waals surface area contributed by atoms with Crippen molar-refractivity contribution in [3.05, 3.63) is 0 Å². The fraction of sp³-hybridized carbons (Fsp3) is 0.917. The lowest BCUT2D eigenvalue weighted by Gasteiger charge is -2.23. The van der Waals surface area contributed by atoms with Crippen LogP contribution in [0.1, 0.15) is 33.6 Å². The number of nitrogens with two attached hydrogens (primary N) is 1. The highest BCUT2D eigenvalue weighted by Crippen LogP contribution is 2.53. The van der Waals surface area contributed by atoms with Gasteiger partial charge in [-0.2, -0.15) is 0 Å². The van der Waals surface area contributed by atoms with Gasteiger partial charge in [-0.1, -0.05) is 20.8 Å². The van der Waals surface area contributed by atoms with Gasteiger partial charge >= 0.3 is 0 Å². The molecule has 0 aromatic heterocycles. The van der Waals surface area contributed by atoms with Crippen molar-refractivity contribution in [2.45, 2.75) is 33.6 Å². The van der Waals surface area contributed by atoms with Crippen LogP contribution in [0.15, 0.2) is 0 Å². The minimum Gasteiger partial charge on any atom is -0.342 e. The number of rotatable bonds is 2. The van der Waals surface area contributed by atoms with E-state index in [0.717, 1.165) is 25.9 Å². The molecule has 2 fully saturated rings. The monoisotopic (exact) mass is 246 g/mol. The zero-order valence-corrected chi connectivity index (χ0v) is 11.3. The van der Waals surface area contributed by atoms with Gasteiger partial charge in [-0.25, -0.2) is 0 Å². The molecule has 2 N–H and O–H groups in total. The average Bonchev–Trinajstić information content (AvgIpc) is 2.63. The van der Waals surface area contributed by atoms with Crippen molar-refractivity contribution in [3.63, 3.8) is 0 Å². The molecule has 2 atom stereocenters. The minimum absolute atomic E-state index is 0. The van der Waals surface area contributed by atoms with Gasteiger partial charge in [0.2, 0.25) is 5.91 Å². The molecule has 2 aliphatic rings. The summed E-state index contributed by atoms with van der Waals surface area (Å²) in [6.07, 6.45) is 2.12. The van der Waals surface area contributed by atoms with Crippen molar-refractivity contribution in [2.24, 2.45) is 22.5 Å². The molecule has 2 rings (SSSR count). The van der Waals surface area contributed by atoms with E-state index in [0.29, 0.717) is 12.5 Å². The molecular formula is C12H23ClN2O. The first-order valence-corrected chi connectivity index (χ1v) is 5.87. The van der Waals surface area contributed by atoms with Crippen molar-refractivity contribution >= 4 is 18.3 Å². The van der Waals surface area contributed by atoms with Gasteiger partial charge in [0.05, 0.1) is 0 Å². The second kappa shape index (κ2) is 4.19. The maximum absolute atomic E-state index is 12.1. The Hall–Kier alpha value is -0.280. The molecule has 0 aromatic carbocycles. The lowest BCUT2D eigenvalue weighted by molar-refractivity contribution is -0.132. The predicted octanol–water partition coefficient (Wildman–Crippen LogP) is 1.65. The lowest BCUT2D eigenvalue weighted by Crippen LogP contribution is -2.35. The van der Waals surface area contributed by atoms with Crippen molar-refractivity contribution < 1.29 is 4.79 Å². The third-order valence-electron chi connectivity index (χ3n) is 4.17. The number of hydrogen-bond donors (Lipinski definition) is 1. The number of halogens is 1. The zero-order chi connectivity index (χ0) is 11.3. The fourth-order valence-electron chi connectivity index (χ4n) is 2.49. The Kier molecular flexibility index (Phi) is 3.61. The van der Waals surface area contributed by atoms with Crippen molar-refractivity contribution in [1.82, 2.24) is 4.90 Å². The van der Waals surface area contributed by atoms with E-state index in [1.54, 1.807) is 0 Å². The minimum atomic E-state index is 0. The maximum atomic E-state index is 12.1. The molecule has 0 bridgehead atoms. The third kappa shape index (κ3) is 2.35. The van der Waals surface area contributed by atoms with E-state index < -0.39 is 0 Å². The largest absolute Gasteiger partial charge is 0.342 e. The first-order valence-electron chi connectivity index (χ1n) is 5.87. The molecule has 94 valence electrons. The average molecular weight is 247 g/mol. The SMILES string of the molecule is CC1(CN)CCN(C(=O)C2CC2(C)C)C1.Cl. The summed E-state index contributed by atoms with van der Waals surface area (Å²) in [5.41, 5.74) is 6.15. The smallest absolute Gasteiger partial charge is 0.226 e. The molecule has 3 nitrogen and oxygen atoms in total. The summed E-state index contributed by atoms with van der Waals surface area (Å²) in [5, 5.41) is 0. The normalized spacial score (nSPS) is 35.8. The number of carbonyl (C=O) groups excluding carboxylic acids is 1. The molecule has 1 saturated heterocycles. The molecule has 2 unspecified atom stereocenters. The van der Waals surface area contributed by atoms with E-state index >= 15 is 0 Å². The number of amides is 1. The first-order chi connectivity index (χ1) is 6.88. The van der Waals surface area contributed by atoms with Crippen LogP contribution >= 0.6 is 12.4 Å². The topological polar surface area (TPSA) is 46.3 Å². The summed E-state index contributed by atoms with van der Waals surface area (Å²) in [4.78, 5) is 14.1. The summed E-state index contributed by atoms with van der Waals surface area (Å²) in [7, 11) is 0. The van der Waals surface area contributed by atoms with Crippen LogP contribution in [-0.2, 0) is 4.79 Å². The summed E-state index contributed by atoms with van der Waals surface area (Å²) in [5.74, 6) is 0.634. The van der Waals surface area contributed by atoms with E-state index in [2.05, 4.69) is 20.8 Å². The Labute approximate surface area is 104 Å². The van der Waals surface area contributed by atoms with Crippen LogP contribution < -0.4 is 5.73 Å². The van der Waals surface area contributed by atoms with Crippen LogP contribution in [0.3, 0.4) is 0 Å². The summed E-state index contributed by atoms with van der Waals surface area (Å²) in [6.45, 7) is 8.97. The van der Waals surface area contributed by atoms with Crippen molar-refractivity contribution in [3.8, 4) is 0 Å². The molecule has 0 radical (unpaired) electrons. The Morgan fingerprint density at radius 1 is 1.44 bits per heavy atom. The molecule has 1 heterocycles. The quantitative estimate of drug-likeness (QED) is 0.806. The van der Waals surface area contributed by atoms with Gasteiger partial charge in [0.25, 0.3) is 0 Å². The van der Waals surface area contributed by atoms with Gasteiger partial charge in [0.1, 0.15) is 0 Å². The molecule has 0 aromatic rings. The lowest BCUT2D eigenvalue weighted by atomic mass is 9.90. The highest BCUT2D eigenvalue weighted by Gasteiger charge is 2.53. The number of nitrogens with zero attached hydrogens (tertiary/aromatic N) is 1. The van der Waals surface area contributed by atoms with Gasteiger partial charge in [-0.05, 0) is 30.2 Å². The zero-order valence-electron chi connectivity index (χ0n) is 10.5. The second-order valence-electron chi connectivity index (χ2n) is 6.27. The highest BCUT2D eigenvalue weighted by molar-refractivity contribution is 5.85. The van der Waals surface area contributed by atoms with Gasteiger partial charge in [0, 0.05) is 19.0 Å². The standard InChI is InChI=1S/C12H22N2O.ClH/c1-11(2)6-9(11)10(15)14-5-4-12(3,7-13)8-14;/h9H,4-8,13H2,1-3H3;1H. The summed E-state index contributed by atoms with van der Waals surface area (Å²) in [6, 6.07) is 0. The van der Waals surface area contributed by atoms with Gasteiger partial charge < -0.3 is 10.6 Å². The van der Waals surface area contributed by atoms with Gasteiger partial charge in [0.15, 0.2) is 0 Å². The molecule has 4 heteroatoms. The van der Waals surface area contributed by atoms with Gasteiger partial charge in [-0.3, -0.25) is 4.79 Å². The molecule has 0 spiro atoms. The van der Waals surface area contributed by atoms with E-state index in [1.807, 2.05) is 4.90 Å². The van der Waals surface area contributed by atoms with E-state index in [9.17, 15) is 4.79 Å². The van der Waals surface area contributed by atoms with E-state index in [4.69, 9.17) is 5.73 Å². The summed E-state index contributed by atoms with van der Waals surface area (Å²) >= 11 is 0. The third-order valence-corrected chi connectivity index (χ3v) is 4.17. The Morgan fingerprint density at radius 2 is 2.00 bits per heavy atom. The van der Waals surface area contributed by atoms with Crippen molar-refractivity contribution in [2.75, 3.05) is 19.6 Å². The molecular weight excluding hydrogens is 224 g/mol. The maximum Gasteiger partial charge on any atom is 0.226 e. The summed E-state index contributed by atoms with van der Waals surface area (Å²) < 4.78 is 0. The fourth-order valence-corrected chi connectivity index (χ4v) is 2.49. The number of hydrogen-bond acceptors (Lipinski definition) is 2. The van der Waals surface area contributed by atoms with Gasteiger partial charge in [-0.15, -0.1) is 12.4 Å². The Balaban J connectivity index is 0.00000128. The molecule has 1 aliphatic carbocycles. The Morgan fingerprint density at radius 3 is 2.38 bits per heavy atom. The second-order valence-corrected chi connectivity index (χ2v) is 6.27. The molecule has 1 saturated carbocycles. The van der Waals surface area contributed by atoms with Crippen LogP contribution in [0.4, 0.5) is 0 Å². The van der Waals surface area contributed by atoms with Crippen LogP contribution in [0.25, 0.3) is 0 Å². The molecule has 1 aliphatic heterocycles. The Bertz CT molecular complexity index is 293.